The number of allylic oxidation sites excluding steroid dienone is 2. The fourth-order valence-corrected chi connectivity index (χ4v) is 1.62. The van der Waals surface area contributed by atoms with Crippen molar-refractivity contribution in [1.29, 1.82) is 0 Å². The van der Waals surface area contributed by atoms with Crippen LogP contribution < -0.4 is 0 Å². The quantitative estimate of drug-likeness (QED) is 0.707. The highest BCUT2D eigenvalue weighted by Crippen LogP contribution is 2.26. The molecule has 0 aromatic heterocycles. The van der Waals surface area contributed by atoms with Crippen molar-refractivity contribution in [1.82, 2.24) is 0 Å². The number of aliphatic hydroxyl groups is 1. The molecule has 1 rings (SSSR count). The van der Waals surface area contributed by atoms with Crippen molar-refractivity contribution in [2.24, 2.45) is 16.3 Å². The van der Waals surface area contributed by atoms with Gasteiger partial charge < -0.3 is 5.11 Å². The Hall–Kier alpha value is -0.890. The lowest BCUT2D eigenvalue weighted by Crippen LogP contribution is -2.26. The summed E-state index contributed by atoms with van der Waals surface area (Å²) in [4.78, 5) is 4.12. The average molecular weight is 179 g/mol. The molecule has 1 aliphatic heterocycles. The minimum Gasteiger partial charge on any atom is -0.395 e. The van der Waals surface area contributed by atoms with Gasteiger partial charge in [-0.05, 0) is 18.4 Å². The lowest BCUT2D eigenvalue weighted by molar-refractivity contribution is 0.202. The van der Waals surface area contributed by atoms with Crippen molar-refractivity contribution in [3.8, 4) is 0 Å². The molecule has 2 nitrogen and oxygen atoms in total. The topological polar surface area (TPSA) is 32.6 Å². The Morgan fingerprint density at radius 3 is 2.77 bits per heavy atom. The highest BCUT2D eigenvalue weighted by atomic mass is 16.3. The van der Waals surface area contributed by atoms with E-state index < -0.39 is 0 Å². The highest BCUT2D eigenvalue weighted by Gasteiger charge is 2.25. The molecule has 0 radical (unpaired) electrons. The van der Waals surface area contributed by atoms with Crippen molar-refractivity contribution >= 4 is 6.21 Å². The lowest BCUT2D eigenvalue weighted by atomic mass is 9.81. The van der Waals surface area contributed by atoms with Crippen LogP contribution in [0.3, 0.4) is 0 Å². The van der Waals surface area contributed by atoms with Gasteiger partial charge in [0, 0.05) is 17.8 Å². The van der Waals surface area contributed by atoms with Gasteiger partial charge in [0.1, 0.15) is 0 Å². The molecule has 1 unspecified atom stereocenters. The molecule has 1 aliphatic rings. The maximum absolute atomic E-state index is 9.35. The van der Waals surface area contributed by atoms with E-state index in [9.17, 15) is 5.11 Å². The largest absolute Gasteiger partial charge is 0.395 e. The third-order valence-corrected chi connectivity index (χ3v) is 2.13. The smallest absolute Gasteiger partial charge is 0.0572 e. The van der Waals surface area contributed by atoms with E-state index in [2.05, 4.69) is 18.8 Å². The molecule has 1 heterocycles. The molecule has 72 valence electrons. The van der Waals surface area contributed by atoms with Crippen molar-refractivity contribution in [2.45, 2.75) is 20.3 Å². The second kappa shape index (κ2) is 4.38. The van der Waals surface area contributed by atoms with E-state index in [0.717, 1.165) is 6.42 Å². The summed E-state index contributed by atoms with van der Waals surface area (Å²) in [6.07, 6.45) is 10.4. The first-order valence-electron chi connectivity index (χ1n) is 4.68. The molecule has 0 saturated carbocycles. The van der Waals surface area contributed by atoms with Crippen LogP contribution in [0.25, 0.3) is 0 Å². The van der Waals surface area contributed by atoms with Crippen LogP contribution >= 0.6 is 0 Å². The first-order valence-corrected chi connectivity index (χ1v) is 4.68. The summed E-state index contributed by atoms with van der Waals surface area (Å²) in [5.41, 5.74) is -0.252. The number of aliphatic imine (C=N–C) groups is 1. The number of hydrogen-bond acceptors (Lipinski definition) is 2. The molecule has 1 N–H and O–H groups in total. The number of nitrogens with zero attached hydrogens (tertiary/aromatic N) is 1. The van der Waals surface area contributed by atoms with Crippen molar-refractivity contribution in [2.75, 3.05) is 6.61 Å². The first kappa shape index (κ1) is 10.2. The molecule has 0 aromatic carbocycles. The van der Waals surface area contributed by atoms with Gasteiger partial charge in [-0.25, -0.2) is 0 Å². The molecular weight excluding hydrogens is 162 g/mol. The normalized spacial score (nSPS) is 26.8. The van der Waals surface area contributed by atoms with Gasteiger partial charge >= 0.3 is 0 Å². The Balaban J connectivity index is 2.79. The van der Waals surface area contributed by atoms with Gasteiger partial charge in [0.25, 0.3) is 0 Å². The number of rotatable bonds is 3. The van der Waals surface area contributed by atoms with E-state index in [-0.39, 0.29) is 12.0 Å². The molecule has 0 saturated heterocycles. The van der Waals surface area contributed by atoms with E-state index in [1.807, 2.05) is 24.4 Å². The average Bonchev–Trinajstić information content (AvgIpc) is 2.30. The van der Waals surface area contributed by atoms with E-state index in [0.29, 0.717) is 5.92 Å². The van der Waals surface area contributed by atoms with Gasteiger partial charge in [-0.3, -0.25) is 4.99 Å². The van der Waals surface area contributed by atoms with Crippen LogP contribution in [-0.2, 0) is 0 Å². The maximum atomic E-state index is 9.35. The van der Waals surface area contributed by atoms with Crippen LogP contribution in [0.2, 0.25) is 0 Å². The summed E-state index contributed by atoms with van der Waals surface area (Å²) in [5.74, 6) is 0.557. The molecule has 0 aromatic rings. The molecule has 0 spiro atoms. The van der Waals surface area contributed by atoms with Crippen LogP contribution in [0.15, 0.2) is 29.4 Å². The molecular formula is C11H17NO. The summed E-state index contributed by atoms with van der Waals surface area (Å²) >= 11 is 0. The summed E-state index contributed by atoms with van der Waals surface area (Å²) in [7, 11) is 0. The van der Waals surface area contributed by atoms with E-state index >= 15 is 0 Å². The van der Waals surface area contributed by atoms with E-state index in [4.69, 9.17) is 0 Å². The van der Waals surface area contributed by atoms with Crippen LogP contribution in [0.4, 0.5) is 0 Å². The molecule has 13 heavy (non-hydrogen) atoms. The zero-order valence-electron chi connectivity index (χ0n) is 8.27. The third-order valence-electron chi connectivity index (χ3n) is 2.13. The van der Waals surface area contributed by atoms with Crippen LogP contribution in [0.5, 0.6) is 0 Å². The van der Waals surface area contributed by atoms with Crippen LogP contribution in [-0.4, -0.2) is 17.9 Å². The molecule has 0 amide bonds. The number of hydrogen-bond donors (Lipinski definition) is 1. The predicted octanol–water partition coefficient (Wildman–Crippen LogP) is 2.17. The molecule has 0 aliphatic carbocycles. The Morgan fingerprint density at radius 2 is 2.15 bits per heavy atom. The summed E-state index contributed by atoms with van der Waals surface area (Å²) in [6.45, 7) is 4.43. The van der Waals surface area contributed by atoms with Crippen LogP contribution in [0.1, 0.15) is 20.3 Å². The van der Waals surface area contributed by atoms with Gasteiger partial charge in [-0.2, -0.15) is 0 Å². The molecule has 0 fully saturated rings. The fourth-order valence-electron chi connectivity index (χ4n) is 1.62. The highest BCUT2D eigenvalue weighted by molar-refractivity contribution is 5.70. The predicted molar refractivity (Wildman–Crippen MR) is 55.7 cm³/mol. The minimum absolute atomic E-state index is 0.132. The van der Waals surface area contributed by atoms with Crippen molar-refractivity contribution in [3.63, 3.8) is 0 Å². The SMILES string of the molecule is CC(C)CC1(CO)C=CC=CN=C1. The Bertz CT molecular complexity index is 222. The molecule has 2 heteroatoms. The third kappa shape index (κ3) is 2.81. The Labute approximate surface area is 79.7 Å². The molecule has 0 bridgehead atoms. The minimum atomic E-state index is -0.252. The van der Waals surface area contributed by atoms with Gasteiger partial charge in [0.2, 0.25) is 0 Å². The summed E-state index contributed by atoms with van der Waals surface area (Å²) in [5, 5.41) is 9.35. The van der Waals surface area contributed by atoms with Gasteiger partial charge in [0.15, 0.2) is 0 Å². The monoisotopic (exact) mass is 179 g/mol. The van der Waals surface area contributed by atoms with E-state index in [1.54, 1.807) is 6.20 Å². The summed E-state index contributed by atoms with van der Waals surface area (Å²) in [6, 6.07) is 0. The zero-order chi connectivity index (χ0) is 9.73. The van der Waals surface area contributed by atoms with Gasteiger partial charge in [0.05, 0.1) is 6.61 Å². The molecule has 1 atom stereocenters. The first-order chi connectivity index (χ1) is 6.18. The zero-order valence-corrected chi connectivity index (χ0v) is 8.27. The van der Waals surface area contributed by atoms with E-state index in [1.165, 1.54) is 0 Å². The Kier molecular flexibility index (Phi) is 3.43. The second-order valence-corrected chi connectivity index (χ2v) is 3.97. The van der Waals surface area contributed by atoms with Crippen molar-refractivity contribution in [3.05, 3.63) is 24.4 Å². The van der Waals surface area contributed by atoms with Gasteiger partial charge in [-0.1, -0.05) is 26.0 Å². The number of aliphatic hydroxyl groups excluding tert-OH is 1. The standard InChI is InChI=1S/C11H17NO/c1-10(2)7-11(9-13)5-3-4-6-12-8-11/h3-6,8,10,13H,7,9H2,1-2H3. The lowest BCUT2D eigenvalue weighted by Gasteiger charge is -2.25. The fraction of sp³-hybridized carbons (Fsp3) is 0.545. The second-order valence-electron chi connectivity index (χ2n) is 3.97. The maximum Gasteiger partial charge on any atom is 0.0572 e. The summed E-state index contributed by atoms with van der Waals surface area (Å²) < 4.78 is 0. The van der Waals surface area contributed by atoms with Gasteiger partial charge in [-0.15, -0.1) is 0 Å². The Morgan fingerprint density at radius 1 is 1.38 bits per heavy atom. The van der Waals surface area contributed by atoms with Crippen molar-refractivity contribution < 1.29 is 5.11 Å². The van der Waals surface area contributed by atoms with Crippen LogP contribution in [0, 0.1) is 11.3 Å².